The van der Waals surface area contributed by atoms with Crippen molar-refractivity contribution in [3.05, 3.63) is 18.2 Å². The average molecular weight is 289 g/mol. The van der Waals surface area contributed by atoms with Crippen LogP contribution in [0.5, 0.6) is 11.5 Å². The van der Waals surface area contributed by atoms with Crippen LogP contribution in [0.2, 0.25) is 0 Å². The molecule has 0 saturated heterocycles. The van der Waals surface area contributed by atoms with Gasteiger partial charge in [-0.2, -0.15) is 0 Å². The lowest BCUT2D eigenvalue weighted by Crippen LogP contribution is -2.34. The standard InChI is InChI=1S/C13H20N2O3.ClH/c1-4-10(14)13(16)15-9-6-7-11(18-5-2)12(8-9)17-3;/h6-8,10H,4-5,14H2,1-3H3,(H,15,16);1H/t10-;/m0./s1. The van der Waals surface area contributed by atoms with Crippen LogP contribution in [0.1, 0.15) is 20.3 Å². The molecule has 1 amide bonds. The third kappa shape index (κ3) is 4.96. The normalized spacial score (nSPS) is 11.2. The van der Waals surface area contributed by atoms with Crippen molar-refractivity contribution in [2.24, 2.45) is 5.73 Å². The van der Waals surface area contributed by atoms with E-state index in [9.17, 15) is 4.79 Å². The molecule has 6 heteroatoms. The second-order valence-electron chi connectivity index (χ2n) is 3.80. The summed E-state index contributed by atoms with van der Waals surface area (Å²) in [5.74, 6) is 1.03. The molecule has 0 aromatic heterocycles. The molecule has 1 atom stereocenters. The summed E-state index contributed by atoms with van der Waals surface area (Å²) in [5, 5.41) is 2.74. The Bertz CT molecular complexity index is 413. The van der Waals surface area contributed by atoms with Crippen LogP contribution in [0, 0.1) is 0 Å². The number of halogens is 1. The summed E-state index contributed by atoms with van der Waals surface area (Å²) < 4.78 is 10.6. The van der Waals surface area contributed by atoms with Crippen molar-refractivity contribution in [1.82, 2.24) is 0 Å². The third-order valence-corrected chi connectivity index (χ3v) is 2.51. The van der Waals surface area contributed by atoms with Crippen molar-refractivity contribution in [2.45, 2.75) is 26.3 Å². The maximum atomic E-state index is 11.6. The summed E-state index contributed by atoms with van der Waals surface area (Å²) in [5.41, 5.74) is 6.29. The number of anilines is 1. The van der Waals surface area contributed by atoms with Gasteiger partial charge in [-0.3, -0.25) is 4.79 Å². The predicted octanol–water partition coefficient (Wildman–Crippen LogP) is 2.19. The topological polar surface area (TPSA) is 73.6 Å². The molecule has 0 bridgehead atoms. The number of carbonyl (C=O) groups is 1. The highest BCUT2D eigenvalue weighted by Gasteiger charge is 2.12. The lowest BCUT2D eigenvalue weighted by atomic mass is 10.2. The first-order chi connectivity index (χ1) is 8.62. The van der Waals surface area contributed by atoms with Crippen molar-refractivity contribution >= 4 is 24.0 Å². The van der Waals surface area contributed by atoms with Gasteiger partial charge in [-0.15, -0.1) is 12.4 Å². The summed E-state index contributed by atoms with van der Waals surface area (Å²) in [6.45, 7) is 4.32. The van der Waals surface area contributed by atoms with E-state index < -0.39 is 6.04 Å². The van der Waals surface area contributed by atoms with E-state index in [0.29, 0.717) is 30.2 Å². The lowest BCUT2D eigenvalue weighted by molar-refractivity contribution is -0.117. The molecule has 0 radical (unpaired) electrons. The number of methoxy groups -OCH3 is 1. The fourth-order valence-corrected chi connectivity index (χ4v) is 1.44. The highest BCUT2D eigenvalue weighted by atomic mass is 35.5. The van der Waals surface area contributed by atoms with Crippen molar-refractivity contribution in [2.75, 3.05) is 19.0 Å². The minimum absolute atomic E-state index is 0. The quantitative estimate of drug-likeness (QED) is 0.841. The zero-order chi connectivity index (χ0) is 13.5. The molecule has 0 heterocycles. The number of carbonyl (C=O) groups excluding carboxylic acids is 1. The summed E-state index contributed by atoms with van der Waals surface area (Å²) in [6.07, 6.45) is 0.597. The van der Waals surface area contributed by atoms with Crippen molar-refractivity contribution in [1.29, 1.82) is 0 Å². The second kappa shape index (κ2) is 8.61. The van der Waals surface area contributed by atoms with Crippen LogP contribution in [0.4, 0.5) is 5.69 Å². The maximum absolute atomic E-state index is 11.6. The van der Waals surface area contributed by atoms with Gasteiger partial charge in [0.05, 0.1) is 19.8 Å². The number of ether oxygens (including phenoxy) is 2. The van der Waals surface area contributed by atoms with E-state index in [2.05, 4.69) is 5.32 Å². The monoisotopic (exact) mass is 288 g/mol. The Morgan fingerprint density at radius 1 is 1.37 bits per heavy atom. The number of rotatable bonds is 6. The first-order valence-electron chi connectivity index (χ1n) is 5.99. The van der Waals surface area contributed by atoms with Gasteiger partial charge in [0.1, 0.15) is 0 Å². The number of nitrogens with one attached hydrogen (secondary N) is 1. The van der Waals surface area contributed by atoms with Gasteiger partial charge in [-0.25, -0.2) is 0 Å². The Kier molecular flexibility index (Phi) is 7.95. The largest absolute Gasteiger partial charge is 0.493 e. The Morgan fingerprint density at radius 2 is 2.05 bits per heavy atom. The van der Waals surface area contributed by atoms with Gasteiger partial charge in [-0.05, 0) is 25.5 Å². The summed E-state index contributed by atoms with van der Waals surface area (Å²) in [7, 11) is 1.56. The van der Waals surface area contributed by atoms with Crippen LogP contribution >= 0.6 is 12.4 Å². The van der Waals surface area contributed by atoms with E-state index >= 15 is 0 Å². The number of nitrogens with two attached hydrogens (primary N) is 1. The predicted molar refractivity (Wildman–Crippen MR) is 78.3 cm³/mol. The molecule has 0 fully saturated rings. The molecule has 108 valence electrons. The molecule has 5 nitrogen and oxygen atoms in total. The number of hydrogen-bond acceptors (Lipinski definition) is 4. The van der Waals surface area contributed by atoms with Crippen molar-refractivity contribution in [3.8, 4) is 11.5 Å². The van der Waals surface area contributed by atoms with Gasteiger partial charge in [0.2, 0.25) is 5.91 Å². The van der Waals surface area contributed by atoms with Crippen molar-refractivity contribution < 1.29 is 14.3 Å². The SMILES string of the molecule is CCOc1ccc(NC(=O)[C@@H](N)CC)cc1OC.Cl. The molecule has 1 aromatic rings. The van der Waals surface area contributed by atoms with Gasteiger partial charge >= 0.3 is 0 Å². The average Bonchev–Trinajstić information content (AvgIpc) is 2.39. The molecular weight excluding hydrogens is 268 g/mol. The molecule has 0 aliphatic rings. The van der Waals surface area contributed by atoms with Gasteiger partial charge in [0.25, 0.3) is 0 Å². The van der Waals surface area contributed by atoms with E-state index in [0.717, 1.165) is 0 Å². The molecule has 3 N–H and O–H groups in total. The van der Waals surface area contributed by atoms with E-state index in [1.54, 1.807) is 25.3 Å². The van der Waals surface area contributed by atoms with Crippen LogP contribution in [-0.2, 0) is 4.79 Å². The number of benzene rings is 1. The molecule has 0 unspecified atom stereocenters. The zero-order valence-corrected chi connectivity index (χ0v) is 12.3. The first-order valence-corrected chi connectivity index (χ1v) is 5.99. The number of hydrogen-bond donors (Lipinski definition) is 2. The van der Waals surface area contributed by atoms with Crippen LogP contribution in [0.15, 0.2) is 18.2 Å². The molecule has 1 aromatic carbocycles. The first kappa shape index (κ1) is 17.5. The molecule has 0 saturated carbocycles. The highest BCUT2D eigenvalue weighted by Crippen LogP contribution is 2.30. The molecule has 1 rings (SSSR count). The molecule has 0 aliphatic carbocycles. The summed E-state index contributed by atoms with van der Waals surface area (Å²) >= 11 is 0. The summed E-state index contributed by atoms with van der Waals surface area (Å²) in [6, 6.07) is 4.73. The van der Waals surface area contributed by atoms with Crippen LogP contribution in [-0.4, -0.2) is 25.7 Å². The third-order valence-electron chi connectivity index (χ3n) is 2.51. The van der Waals surface area contributed by atoms with Gasteiger partial charge in [0.15, 0.2) is 11.5 Å². The Labute approximate surface area is 119 Å². The fraction of sp³-hybridized carbons (Fsp3) is 0.462. The van der Waals surface area contributed by atoms with E-state index in [-0.39, 0.29) is 18.3 Å². The van der Waals surface area contributed by atoms with Crippen LogP contribution in [0.25, 0.3) is 0 Å². The minimum Gasteiger partial charge on any atom is -0.493 e. The molecular formula is C13H21ClN2O3. The van der Waals surface area contributed by atoms with E-state index in [1.165, 1.54) is 0 Å². The smallest absolute Gasteiger partial charge is 0.241 e. The fourth-order valence-electron chi connectivity index (χ4n) is 1.44. The minimum atomic E-state index is -0.498. The van der Waals surface area contributed by atoms with Crippen LogP contribution in [0.3, 0.4) is 0 Å². The van der Waals surface area contributed by atoms with Gasteiger partial charge < -0.3 is 20.5 Å². The van der Waals surface area contributed by atoms with Gasteiger partial charge in [0, 0.05) is 11.8 Å². The number of amides is 1. The second-order valence-corrected chi connectivity index (χ2v) is 3.80. The van der Waals surface area contributed by atoms with Crippen LogP contribution < -0.4 is 20.5 Å². The Hall–Kier alpha value is -1.46. The molecule has 0 spiro atoms. The zero-order valence-electron chi connectivity index (χ0n) is 11.4. The Morgan fingerprint density at radius 3 is 2.58 bits per heavy atom. The highest BCUT2D eigenvalue weighted by molar-refractivity contribution is 5.94. The van der Waals surface area contributed by atoms with Crippen molar-refractivity contribution in [3.63, 3.8) is 0 Å². The van der Waals surface area contributed by atoms with E-state index in [4.69, 9.17) is 15.2 Å². The summed E-state index contributed by atoms with van der Waals surface area (Å²) in [4.78, 5) is 11.6. The van der Waals surface area contributed by atoms with E-state index in [1.807, 2.05) is 13.8 Å². The molecule has 19 heavy (non-hydrogen) atoms. The Balaban J connectivity index is 0.00000324. The lowest BCUT2D eigenvalue weighted by Gasteiger charge is -2.13. The molecule has 0 aliphatic heterocycles. The van der Waals surface area contributed by atoms with Gasteiger partial charge in [-0.1, -0.05) is 6.92 Å². The maximum Gasteiger partial charge on any atom is 0.241 e.